The summed E-state index contributed by atoms with van der Waals surface area (Å²) in [6.07, 6.45) is 0. The van der Waals surface area contributed by atoms with Gasteiger partial charge >= 0.3 is 0 Å². The van der Waals surface area contributed by atoms with Crippen LogP contribution < -0.4 is 0 Å². The molecule has 0 spiro atoms. The third-order valence-corrected chi connectivity index (χ3v) is 8.73. The van der Waals surface area contributed by atoms with Gasteiger partial charge in [0.25, 0.3) is 0 Å². The third-order valence-electron chi connectivity index (χ3n) is 8.73. The van der Waals surface area contributed by atoms with Gasteiger partial charge in [0.05, 0.1) is 0 Å². The Kier molecular flexibility index (Phi) is 6.43. The van der Waals surface area contributed by atoms with Crippen LogP contribution >= 0.6 is 0 Å². The van der Waals surface area contributed by atoms with Crippen LogP contribution in [0.1, 0.15) is 0 Å². The number of aromatic nitrogens is 3. The van der Waals surface area contributed by atoms with Crippen molar-refractivity contribution < 1.29 is 4.42 Å². The van der Waals surface area contributed by atoms with Gasteiger partial charge in [-0.3, -0.25) is 0 Å². The lowest BCUT2D eigenvalue weighted by Crippen LogP contribution is -2.00. The molecule has 0 fully saturated rings. The van der Waals surface area contributed by atoms with E-state index in [0.29, 0.717) is 17.5 Å². The van der Waals surface area contributed by atoms with Gasteiger partial charge in [0.1, 0.15) is 11.2 Å². The molecule has 0 aliphatic rings. The summed E-state index contributed by atoms with van der Waals surface area (Å²) in [4.78, 5) is 15.2. The molecule has 0 atom stereocenters. The minimum absolute atomic E-state index is 0.622. The fraction of sp³-hybridized carbons (Fsp3) is 0. The first-order valence-corrected chi connectivity index (χ1v) is 15.7. The molecule has 2 heterocycles. The van der Waals surface area contributed by atoms with E-state index < -0.39 is 0 Å². The Morgan fingerprint density at radius 1 is 0.340 bits per heavy atom. The number of fused-ring (bicyclic) bond motifs is 4. The number of para-hydroxylation sites is 1. The number of furan rings is 1. The van der Waals surface area contributed by atoms with E-state index in [1.807, 2.05) is 30.3 Å². The van der Waals surface area contributed by atoms with Gasteiger partial charge < -0.3 is 4.42 Å². The Bertz CT molecular complexity index is 2570. The van der Waals surface area contributed by atoms with Gasteiger partial charge in [-0.05, 0) is 57.3 Å². The van der Waals surface area contributed by atoms with Crippen LogP contribution in [0.25, 0.3) is 89.1 Å². The summed E-state index contributed by atoms with van der Waals surface area (Å²) < 4.78 is 6.19. The van der Waals surface area contributed by atoms with E-state index in [0.717, 1.165) is 60.7 Å². The van der Waals surface area contributed by atoms with Crippen molar-refractivity contribution >= 4 is 32.7 Å². The summed E-state index contributed by atoms with van der Waals surface area (Å²) in [5, 5.41) is 4.52. The van der Waals surface area contributed by atoms with Gasteiger partial charge in [-0.2, -0.15) is 0 Å². The fourth-order valence-corrected chi connectivity index (χ4v) is 6.38. The van der Waals surface area contributed by atoms with E-state index in [4.69, 9.17) is 19.4 Å². The second-order valence-electron chi connectivity index (χ2n) is 11.7. The first kappa shape index (κ1) is 27.0. The van der Waals surface area contributed by atoms with Crippen LogP contribution in [0.3, 0.4) is 0 Å². The van der Waals surface area contributed by atoms with Crippen LogP contribution in [0.2, 0.25) is 0 Å². The molecule has 0 unspecified atom stereocenters. The Hall–Kier alpha value is -6.39. The van der Waals surface area contributed by atoms with Gasteiger partial charge in [0.15, 0.2) is 17.5 Å². The van der Waals surface area contributed by atoms with E-state index in [-0.39, 0.29) is 0 Å². The number of hydrogen-bond donors (Lipinski definition) is 0. The topological polar surface area (TPSA) is 51.8 Å². The first-order valence-electron chi connectivity index (χ1n) is 15.7. The predicted octanol–water partition coefficient (Wildman–Crippen LogP) is 11.3. The molecule has 9 rings (SSSR count). The largest absolute Gasteiger partial charge is 0.456 e. The van der Waals surface area contributed by atoms with Crippen LogP contribution in [0.5, 0.6) is 0 Å². The molecule has 0 N–H and O–H groups in total. The van der Waals surface area contributed by atoms with Crippen LogP contribution in [0, 0.1) is 0 Å². The number of nitrogens with zero attached hydrogens (tertiary/aromatic N) is 3. The highest BCUT2D eigenvalue weighted by Gasteiger charge is 2.16. The van der Waals surface area contributed by atoms with Crippen molar-refractivity contribution in [1.29, 1.82) is 0 Å². The molecule has 0 amide bonds. The lowest BCUT2D eigenvalue weighted by molar-refractivity contribution is 0.669. The first-order chi connectivity index (χ1) is 23.3. The van der Waals surface area contributed by atoms with E-state index in [2.05, 4.69) is 133 Å². The maximum absolute atomic E-state index is 6.19. The van der Waals surface area contributed by atoms with Gasteiger partial charge in [-0.15, -0.1) is 0 Å². The lowest BCUT2D eigenvalue weighted by Gasteiger charge is -2.11. The van der Waals surface area contributed by atoms with Crippen LogP contribution in [-0.4, -0.2) is 15.0 Å². The highest BCUT2D eigenvalue weighted by Crippen LogP contribution is 2.38. The van der Waals surface area contributed by atoms with Crippen molar-refractivity contribution in [1.82, 2.24) is 15.0 Å². The molecular weight excluding hydrogens is 574 g/mol. The Morgan fingerprint density at radius 2 is 0.894 bits per heavy atom. The smallest absolute Gasteiger partial charge is 0.164 e. The number of benzene rings is 7. The zero-order chi connectivity index (χ0) is 31.2. The monoisotopic (exact) mass is 601 g/mol. The molecule has 4 nitrogen and oxygen atoms in total. The van der Waals surface area contributed by atoms with E-state index >= 15 is 0 Å². The quantitative estimate of drug-likeness (QED) is 0.197. The second kappa shape index (κ2) is 11.2. The summed E-state index contributed by atoms with van der Waals surface area (Å²) in [6, 6.07) is 56.4. The van der Waals surface area contributed by atoms with Crippen molar-refractivity contribution in [2.75, 3.05) is 0 Å². The van der Waals surface area contributed by atoms with Crippen LogP contribution in [0.4, 0.5) is 0 Å². The van der Waals surface area contributed by atoms with Crippen molar-refractivity contribution in [2.24, 2.45) is 0 Å². The molecule has 2 aromatic heterocycles. The molecule has 7 aromatic carbocycles. The Morgan fingerprint density at radius 3 is 1.72 bits per heavy atom. The molecule has 0 saturated heterocycles. The molecule has 0 bridgehead atoms. The summed E-state index contributed by atoms with van der Waals surface area (Å²) in [6.45, 7) is 0. The molecule has 220 valence electrons. The van der Waals surface area contributed by atoms with Gasteiger partial charge in [-0.25, -0.2) is 15.0 Å². The van der Waals surface area contributed by atoms with Crippen molar-refractivity contribution in [3.05, 3.63) is 164 Å². The van der Waals surface area contributed by atoms with Gasteiger partial charge in [0, 0.05) is 27.5 Å². The number of hydrogen-bond acceptors (Lipinski definition) is 4. The fourth-order valence-electron chi connectivity index (χ4n) is 6.38. The maximum atomic E-state index is 6.19. The second-order valence-corrected chi connectivity index (χ2v) is 11.7. The van der Waals surface area contributed by atoms with Crippen molar-refractivity contribution in [3.63, 3.8) is 0 Å². The zero-order valence-corrected chi connectivity index (χ0v) is 25.3. The molecule has 0 saturated carbocycles. The molecule has 9 aromatic rings. The molecule has 0 aliphatic heterocycles. The van der Waals surface area contributed by atoms with Gasteiger partial charge in [0.2, 0.25) is 0 Å². The summed E-state index contributed by atoms with van der Waals surface area (Å²) >= 11 is 0. The van der Waals surface area contributed by atoms with Crippen LogP contribution in [-0.2, 0) is 0 Å². The predicted molar refractivity (Wildman–Crippen MR) is 192 cm³/mol. The van der Waals surface area contributed by atoms with E-state index in [1.165, 1.54) is 10.9 Å². The average molecular weight is 602 g/mol. The standard InChI is InChI=1S/C43H27N3O/c1-2-10-28(11-3-1)30-20-23-31(24-21-30)41-44-42(46-43(45-41)35-25-22-29-12-4-5-13-32(29)26-35)34-15-8-14-33(27-34)36-17-9-19-39-40(36)37-16-6-7-18-38(37)47-39/h1-27H. The molecule has 0 radical (unpaired) electrons. The Labute approximate surface area is 271 Å². The van der Waals surface area contributed by atoms with Crippen LogP contribution in [0.15, 0.2) is 168 Å². The minimum atomic E-state index is 0.622. The summed E-state index contributed by atoms with van der Waals surface area (Å²) in [7, 11) is 0. The third kappa shape index (κ3) is 4.93. The molecule has 4 heteroatoms. The SMILES string of the molecule is c1ccc(-c2ccc(-c3nc(-c4cccc(-c5cccc6oc7ccccc7c56)c4)nc(-c4ccc5ccccc5c4)n3)cc2)cc1. The van der Waals surface area contributed by atoms with Gasteiger partial charge in [-0.1, -0.05) is 140 Å². The highest BCUT2D eigenvalue weighted by atomic mass is 16.3. The number of rotatable bonds is 5. The van der Waals surface area contributed by atoms with Crippen molar-refractivity contribution in [2.45, 2.75) is 0 Å². The lowest BCUT2D eigenvalue weighted by atomic mass is 9.98. The normalized spacial score (nSPS) is 11.4. The summed E-state index contributed by atoms with van der Waals surface area (Å²) in [5.41, 5.74) is 9.04. The maximum Gasteiger partial charge on any atom is 0.164 e. The average Bonchev–Trinajstić information content (AvgIpc) is 3.54. The van der Waals surface area contributed by atoms with E-state index in [1.54, 1.807) is 0 Å². The molecule has 0 aliphatic carbocycles. The minimum Gasteiger partial charge on any atom is -0.456 e. The van der Waals surface area contributed by atoms with E-state index in [9.17, 15) is 0 Å². The molecule has 47 heavy (non-hydrogen) atoms. The Balaban J connectivity index is 1.20. The molecular formula is C43H27N3O. The highest BCUT2D eigenvalue weighted by molar-refractivity contribution is 6.12. The zero-order valence-electron chi connectivity index (χ0n) is 25.3. The summed E-state index contributed by atoms with van der Waals surface area (Å²) in [5.74, 6) is 1.89. The van der Waals surface area contributed by atoms with Crippen molar-refractivity contribution in [3.8, 4) is 56.4 Å².